The Balaban J connectivity index is 1.66. The fourth-order valence-electron chi connectivity index (χ4n) is 3.54. The van der Waals surface area contributed by atoms with E-state index in [0.717, 1.165) is 30.5 Å². The van der Waals surface area contributed by atoms with Gasteiger partial charge in [-0.25, -0.2) is 4.79 Å². The first-order chi connectivity index (χ1) is 12.5. The summed E-state index contributed by atoms with van der Waals surface area (Å²) in [6.07, 6.45) is 3.19. The summed E-state index contributed by atoms with van der Waals surface area (Å²) < 4.78 is 4.78. The highest BCUT2D eigenvalue weighted by molar-refractivity contribution is 5.95. The average Bonchev–Trinajstić information content (AvgIpc) is 3.10. The lowest BCUT2D eigenvalue weighted by Crippen LogP contribution is -2.43. The van der Waals surface area contributed by atoms with E-state index in [1.165, 1.54) is 13.2 Å². The number of hydrogen-bond acceptors (Lipinski definition) is 4. The fraction of sp³-hybridized carbons (Fsp3) is 0.421. The molecule has 3 rings (SSSR count). The third kappa shape index (κ3) is 3.56. The number of amides is 3. The van der Waals surface area contributed by atoms with Gasteiger partial charge < -0.3 is 15.0 Å². The molecule has 1 unspecified atom stereocenters. The van der Waals surface area contributed by atoms with E-state index in [9.17, 15) is 14.4 Å². The van der Waals surface area contributed by atoms with Crippen molar-refractivity contribution < 1.29 is 19.1 Å². The van der Waals surface area contributed by atoms with Gasteiger partial charge >= 0.3 is 6.09 Å². The van der Waals surface area contributed by atoms with Gasteiger partial charge in [0, 0.05) is 25.3 Å². The second kappa shape index (κ2) is 7.59. The lowest BCUT2D eigenvalue weighted by molar-refractivity contribution is -0.130. The average molecular weight is 357 g/mol. The summed E-state index contributed by atoms with van der Waals surface area (Å²) in [4.78, 5) is 39.3. The molecule has 0 spiro atoms. The van der Waals surface area contributed by atoms with Gasteiger partial charge in [-0.1, -0.05) is 6.58 Å². The summed E-state index contributed by atoms with van der Waals surface area (Å²) in [6.45, 7) is 5.15. The van der Waals surface area contributed by atoms with Crippen molar-refractivity contribution in [1.29, 1.82) is 0 Å². The topological polar surface area (TPSA) is 79.0 Å². The first kappa shape index (κ1) is 18.0. The van der Waals surface area contributed by atoms with Crippen LogP contribution in [0, 0.1) is 5.92 Å². The third-order valence-corrected chi connectivity index (χ3v) is 4.92. The lowest BCUT2D eigenvalue weighted by Gasteiger charge is -2.31. The van der Waals surface area contributed by atoms with Crippen LogP contribution in [0.25, 0.3) is 0 Å². The van der Waals surface area contributed by atoms with Gasteiger partial charge in [0.2, 0.25) is 11.8 Å². The molecule has 3 amide bonds. The van der Waals surface area contributed by atoms with Gasteiger partial charge in [0.15, 0.2) is 0 Å². The van der Waals surface area contributed by atoms with Crippen LogP contribution in [-0.4, -0.2) is 49.6 Å². The smallest absolute Gasteiger partial charge is 0.414 e. The predicted molar refractivity (Wildman–Crippen MR) is 98.0 cm³/mol. The van der Waals surface area contributed by atoms with Crippen molar-refractivity contribution in [2.45, 2.75) is 19.3 Å². The normalized spacial score (nSPS) is 18.9. The van der Waals surface area contributed by atoms with Crippen molar-refractivity contribution in [3.63, 3.8) is 0 Å². The molecule has 1 aromatic carbocycles. The number of benzene rings is 1. The van der Waals surface area contributed by atoms with Crippen molar-refractivity contribution in [3.05, 3.63) is 36.4 Å². The van der Waals surface area contributed by atoms with Crippen LogP contribution in [0.5, 0.6) is 0 Å². The standard InChI is InChI=1S/C19H23N3O4/c1-3-17(23)21-9-4-5-14(12-21)18(24)20-15-6-7-16-13(11-15)8-10-22(16)19(25)26-2/h3,6-7,11,14H,1,4-5,8-10,12H2,2H3,(H,20,24). The molecular weight excluding hydrogens is 334 g/mol. The maximum absolute atomic E-state index is 12.6. The number of hydrogen-bond donors (Lipinski definition) is 1. The van der Waals surface area contributed by atoms with Gasteiger partial charge in [-0.15, -0.1) is 0 Å². The quantitative estimate of drug-likeness (QED) is 0.841. The van der Waals surface area contributed by atoms with E-state index in [-0.39, 0.29) is 23.8 Å². The van der Waals surface area contributed by atoms with E-state index in [1.807, 2.05) is 12.1 Å². The molecule has 1 aromatic rings. The summed E-state index contributed by atoms with van der Waals surface area (Å²) in [7, 11) is 1.36. The highest BCUT2D eigenvalue weighted by atomic mass is 16.5. The van der Waals surface area contributed by atoms with Crippen molar-refractivity contribution in [3.8, 4) is 0 Å². The second-order valence-electron chi connectivity index (χ2n) is 6.53. The summed E-state index contributed by atoms with van der Waals surface area (Å²) in [5.74, 6) is -0.454. The molecule has 7 nitrogen and oxygen atoms in total. The number of nitrogens with one attached hydrogen (secondary N) is 1. The zero-order chi connectivity index (χ0) is 18.7. The van der Waals surface area contributed by atoms with Gasteiger partial charge in [0.1, 0.15) is 0 Å². The highest BCUT2D eigenvalue weighted by Crippen LogP contribution is 2.31. The van der Waals surface area contributed by atoms with E-state index < -0.39 is 0 Å². The summed E-state index contributed by atoms with van der Waals surface area (Å²) in [6, 6.07) is 5.50. The Kier molecular flexibility index (Phi) is 5.25. The van der Waals surface area contributed by atoms with Gasteiger partial charge in [0.05, 0.1) is 18.7 Å². The van der Waals surface area contributed by atoms with E-state index in [0.29, 0.717) is 25.3 Å². The van der Waals surface area contributed by atoms with Crippen LogP contribution in [0.2, 0.25) is 0 Å². The lowest BCUT2D eigenvalue weighted by atomic mass is 9.97. The number of likely N-dealkylation sites (tertiary alicyclic amines) is 1. The molecule has 0 aliphatic carbocycles. The molecule has 1 fully saturated rings. The summed E-state index contributed by atoms with van der Waals surface area (Å²) in [5.41, 5.74) is 2.52. The van der Waals surface area contributed by atoms with E-state index in [2.05, 4.69) is 11.9 Å². The second-order valence-corrected chi connectivity index (χ2v) is 6.53. The molecule has 2 aliphatic rings. The Bertz CT molecular complexity index is 746. The monoisotopic (exact) mass is 357 g/mol. The molecule has 1 N–H and O–H groups in total. The van der Waals surface area contributed by atoms with Crippen molar-refractivity contribution >= 4 is 29.3 Å². The maximum atomic E-state index is 12.6. The van der Waals surface area contributed by atoms with Gasteiger partial charge in [-0.3, -0.25) is 14.5 Å². The number of methoxy groups -OCH3 is 1. The molecule has 7 heteroatoms. The van der Waals surface area contributed by atoms with E-state index in [1.54, 1.807) is 15.9 Å². The van der Waals surface area contributed by atoms with E-state index >= 15 is 0 Å². The number of ether oxygens (including phenoxy) is 1. The molecule has 0 radical (unpaired) electrons. The Morgan fingerprint density at radius 1 is 1.31 bits per heavy atom. The molecule has 2 aliphatic heterocycles. The van der Waals surface area contributed by atoms with Crippen molar-refractivity contribution in [2.24, 2.45) is 5.92 Å². The highest BCUT2D eigenvalue weighted by Gasteiger charge is 2.29. The Morgan fingerprint density at radius 3 is 2.85 bits per heavy atom. The van der Waals surface area contributed by atoms with Crippen LogP contribution in [0.15, 0.2) is 30.9 Å². The molecule has 0 saturated carbocycles. The van der Waals surface area contributed by atoms with Gasteiger partial charge in [-0.2, -0.15) is 0 Å². The van der Waals surface area contributed by atoms with Gasteiger partial charge in [0.25, 0.3) is 0 Å². The summed E-state index contributed by atoms with van der Waals surface area (Å²) >= 11 is 0. The minimum Gasteiger partial charge on any atom is -0.452 e. The first-order valence-electron chi connectivity index (χ1n) is 8.74. The van der Waals surface area contributed by atoms with Crippen LogP contribution in [0.1, 0.15) is 18.4 Å². The Labute approximate surface area is 152 Å². The molecule has 0 bridgehead atoms. The number of anilines is 2. The van der Waals surface area contributed by atoms with Crippen molar-refractivity contribution in [2.75, 3.05) is 37.0 Å². The molecule has 26 heavy (non-hydrogen) atoms. The van der Waals surface area contributed by atoms with Crippen LogP contribution in [0.3, 0.4) is 0 Å². The molecule has 2 heterocycles. The minimum absolute atomic E-state index is 0.0886. The van der Waals surface area contributed by atoms with Crippen molar-refractivity contribution in [1.82, 2.24) is 4.90 Å². The van der Waals surface area contributed by atoms with Crippen LogP contribution < -0.4 is 10.2 Å². The SMILES string of the molecule is C=CC(=O)N1CCCC(C(=O)Nc2ccc3c(c2)CCN3C(=O)OC)C1. The molecule has 1 atom stereocenters. The largest absolute Gasteiger partial charge is 0.452 e. The molecule has 138 valence electrons. The van der Waals surface area contributed by atoms with Crippen LogP contribution >= 0.6 is 0 Å². The predicted octanol–water partition coefficient (Wildman–Crippen LogP) is 2.18. The van der Waals surface area contributed by atoms with Gasteiger partial charge in [-0.05, 0) is 49.1 Å². The number of carbonyl (C=O) groups is 3. The number of fused-ring (bicyclic) bond motifs is 1. The number of nitrogens with zero attached hydrogens (tertiary/aromatic N) is 2. The molecular formula is C19H23N3O4. The maximum Gasteiger partial charge on any atom is 0.414 e. The van der Waals surface area contributed by atoms with Crippen LogP contribution in [-0.2, 0) is 20.7 Å². The molecule has 1 saturated heterocycles. The minimum atomic E-state index is -0.380. The number of piperidine rings is 1. The first-order valence-corrected chi connectivity index (χ1v) is 8.74. The number of carbonyl (C=O) groups excluding carboxylic acids is 3. The Morgan fingerprint density at radius 2 is 2.12 bits per heavy atom. The fourth-order valence-corrected chi connectivity index (χ4v) is 3.54. The summed E-state index contributed by atoms with van der Waals surface area (Å²) in [5, 5.41) is 2.94. The van der Waals surface area contributed by atoms with E-state index in [4.69, 9.17) is 4.74 Å². The van der Waals surface area contributed by atoms with Crippen LogP contribution in [0.4, 0.5) is 16.2 Å². The Hall–Kier alpha value is -2.83. The zero-order valence-electron chi connectivity index (χ0n) is 14.9. The zero-order valence-corrected chi connectivity index (χ0v) is 14.9. The molecule has 0 aromatic heterocycles. The number of rotatable bonds is 3. The third-order valence-electron chi connectivity index (χ3n) is 4.92.